The smallest absolute Gasteiger partial charge is 0.257 e. The lowest BCUT2D eigenvalue weighted by Gasteiger charge is -2.24. The number of nitrogens with two attached hydrogens (primary N) is 1. The molecule has 2 N–H and O–H groups in total. The van der Waals surface area contributed by atoms with E-state index in [0.717, 1.165) is 5.56 Å². The molecule has 0 aliphatic heterocycles. The lowest BCUT2D eigenvalue weighted by molar-refractivity contribution is 0.0725. The van der Waals surface area contributed by atoms with Gasteiger partial charge in [-0.2, -0.15) is 0 Å². The van der Waals surface area contributed by atoms with Crippen LogP contribution in [0, 0.1) is 5.82 Å². The molecular weight excluding hydrogens is 419 g/mol. The van der Waals surface area contributed by atoms with Crippen molar-refractivity contribution in [3.8, 4) is 11.1 Å². The normalized spacial score (nSPS) is 10.6. The van der Waals surface area contributed by atoms with Gasteiger partial charge in [-0.05, 0) is 41.0 Å². The lowest BCUT2D eigenvalue weighted by Crippen LogP contribution is -2.31. The van der Waals surface area contributed by atoms with Crippen LogP contribution in [-0.2, 0) is 13.1 Å². The lowest BCUT2D eigenvalue weighted by atomic mass is 10.0. The average Bonchev–Trinajstić information content (AvgIpc) is 2.84. The number of carbonyl (C=O) groups excluding carboxylic acids is 2. The largest absolute Gasteiger partial charge is 0.366 e. The molecule has 1 aromatic heterocycles. The van der Waals surface area contributed by atoms with Crippen LogP contribution in [0.5, 0.6) is 0 Å². The van der Waals surface area contributed by atoms with E-state index in [1.807, 2.05) is 30.3 Å². The van der Waals surface area contributed by atoms with Crippen molar-refractivity contribution in [2.75, 3.05) is 0 Å². The van der Waals surface area contributed by atoms with Gasteiger partial charge in [0.25, 0.3) is 5.91 Å². The minimum absolute atomic E-state index is 0.0439. The van der Waals surface area contributed by atoms with Crippen LogP contribution in [0.4, 0.5) is 4.39 Å². The third-order valence-electron chi connectivity index (χ3n) is 5.18. The summed E-state index contributed by atoms with van der Waals surface area (Å²) >= 11 is 0. The highest BCUT2D eigenvalue weighted by Gasteiger charge is 2.21. The van der Waals surface area contributed by atoms with E-state index in [4.69, 9.17) is 5.73 Å². The number of nitrogens with zero attached hydrogens (tertiary/aromatic N) is 3. The minimum atomic E-state index is -0.634. The Morgan fingerprint density at radius 1 is 0.818 bits per heavy atom. The number of carbonyl (C=O) groups is 2. The monoisotopic (exact) mass is 440 g/mol. The van der Waals surface area contributed by atoms with Crippen molar-refractivity contribution >= 4 is 11.8 Å². The molecule has 0 unspecified atom stereocenters. The van der Waals surface area contributed by atoms with E-state index >= 15 is 4.39 Å². The Morgan fingerprint density at radius 2 is 1.52 bits per heavy atom. The van der Waals surface area contributed by atoms with Gasteiger partial charge in [0.2, 0.25) is 5.91 Å². The molecule has 33 heavy (non-hydrogen) atoms. The van der Waals surface area contributed by atoms with Gasteiger partial charge in [0, 0.05) is 36.6 Å². The molecule has 0 saturated heterocycles. The van der Waals surface area contributed by atoms with E-state index in [2.05, 4.69) is 9.97 Å². The summed E-state index contributed by atoms with van der Waals surface area (Å²) in [4.78, 5) is 34.4. The summed E-state index contributed by atoms with van der Waals surface area (Å²) in [6.45, 7) is 0.455. The van der Waals surface area contributed by atoms with Crippen molar-refractivity contribution in [3.63, 3.8) is 0 Å². The molecule has 4 rings (SSSR count). The van der Waals surface area contributed by atoms with Crippen LogP contribution in [0.2, 0.25) is 0 Å². The Balaban J connectivity index is 1.65. The first-order chi connectivity index (χ1) is 16.0. The third-order valence-corrected chi connectivity index (χ3v) is 5.18. The molecule has 0 spiro atoms. The molecule has 0 fully saturated rings. The van der Waals surface area contributed by atoms with Gasteiger partial charge in [-0.15, -0.1) is 0 Å². The Labute approximate surface area is 190 Å². The van der Waals surface area contributed by atoms with E-state index in [1.165, 1.54) is 18.5 Å². The summed E-state index contributed by atoms with van der Waals surface area (Å²) < 4.78 is 15.0. The van der Waals surface area contributed by atoms with Crippen LogP contribution < -0.4 is 5.73 Å². The standard InChI is InChI=1S/C26H21FN4O2/c27-24-12-20(22-13-29-17-30-14-22)9-10-23(24)26(33)31(15-18-5-2-1-3-6-18)16-19-7-4-8-21(11-19)25(28)32/h1-14,17H,15-16H2,(H2,28,32). The zero-order valence-electron chi connectivity index (χ0n) is 17.7. The van der Waals surface area contributed by atoms with E-state index in [1.54, 1.807) is 47.6 Å². The Bertz CT molecular complexity index is 1280. The van der Waals surface area contributed by atoms with Crippen molar-refractivity contribution in [1.29, 1.82) is 0 Å². The molecule has 0 bridgehead atoms. The second-order valence-corrected chi connectivity index (χ2v) is 7.53. The van der Waals surface area contributed by atoms with Gasteiger partial charge in [-0.25, -0.2) is 14.4 Å². The third kappa shape index (κ3) is 5.27. The molecule has 3 aromatic carbocycles. The average molecular weight is 440 g/mol. The highest BCUT2D eigenvalue weighted by atomic mass is 19.1. The number of aromatic nitrogens is 2. The first-order valence-electron chi connectivity index (χ1n) is 10.3. The fourth-order valence-electron chi connectivity index (χ4n) is 3.53. The Hall–Kier alpha value is -4.39. The number of halogens is 1. The summed E-state index contributed by atoms with van der Waals surface area (Å²) in [5, 5.41) is 0. The van der Waals surface area contributed by atoms with E-state index in [-0.39, 0.29) is 18.7 Å². The SMILES string of the molecule is NC(=O)c1cccc(CN(Cc2ccccc2)C(=O)c2ccc(-c3cncnc3)cc2F)c1. The molecular formula is C26H21FN4O2. The Kier molecular flexibility index (Phi) is 6.50. The Morgan fingerprint density at radius 3 is 2.21 bits per heavy atom. The summed E-state index contributed by atoms with van der Waals surface area (Å²) in [6, 6.07) is 20.6. The van der Waals surface area contributed by atoms with Crippen molar-refractivity contribution in [1.82, 2.24) is 14.9 Å². The van der Waals surface area contributed by atoms with Crippen LogP contribution >= 0.6 is 0 Å². The second-order valence-electron chi connectivity index (χ2n) is 7.53. The zero-order chi connectivity index (χ0) is 23.2. The fourth-order valence-corrected chi connectivity index (χ4v) is 3.53. The molecule has 0 radical (unpaired) electrons. The van der Waals surface area contributed by atoms with E-state index in [9.17, 15) is 9.59 Å². The van der Waals surface area contributed by atoms with Crippen LogP contribution in [0.3, 0.4) is 0 Å². The molecule has 0 atom stereocenters. The number of benzene rings is 3. The quantitative estimate of drug-likeness (QED) is 0.466. The molecule has 0 aliphatic carbocycles. The van der Waals surface area contributed by atoms with Gasteiger partial charge in [0.15, 0.2) is 0 Å². The highest BCUT2D eigenvalue weighted by Crippen LogP contribution is 2.23. The number of rotatable bonds is 7. The zero-order valence-corrected chi connectivity index (χ0v) is 17.7. The summed E-state index contributed by atoms with van der Waals surface area (Å²) in [7, 11) is 0. The maximum Gasteiger partial charge on any atom is 0.257 e. The van der Waals surface area contributed by atoms with Crippen molar-refractivity contribution in [2.45, 2.75) is 13.1 Å². The highest BCUT2D eigenvalue weighted by molar-refractivity contribution is 5.95. The second kappa shape index (κ2) is 9.82. The number of amides is 2. The number of primary amides is 1. The number of hydrogen-bond acceptors (Lipinski definition) is 4. The minimum Gasteiger partial charge on any atom is -0.366 e. The maximum absolute atomic E-state index is 15.0. The van der Waals surface area contributed by atoms with Crippen molar-refractivity contribution in [3.05, 3.63) is 120 Å². The molecule has 7 heteroatoms. The maximum atomic E-state index is 15.0. The summed E-state index contributed by atoms with van der Waals surface area (Å²) in [5.74, 6) is -1.65. The predicted molar refractivity (Wildman–Crippen MR) is 122 cm³/mol. The van der Waals surface area contributed by atoms with Gasteiger partial charge < -0.3 is 10.6 Å². The molecule has 4 aromatic rings. The van der Waals surface area contributed by atoms with E-state index in [0.29, 0.717) is 22.3 Å². The predicted octanol–water partition coefficient (Wildman–Crippen LogP) is 4.22. The van der Waals surface area contributed by atoms with Crippen molar-refractivity contribution in [2.24, 2.45) is 5.73 Å². The molecule has 2 amide bonds. The summed E-state index contributed by atoms with van der Waals surface area (Å²) in [5.41, 5.74) is 8.54. The number of hydrogen-bond donors (Lipinski definition) is 1. The first-order valence-corrected chi connectivity index (χ1v) is 10.3. The first kappa shape index (κ1) is 21.8. The van der Waals surface area contributed by atoms with Crippen LogP contribution in [0.25, 0.3) is 11.1 Å². The van der Waals surface area contributed by atoms with Crippen LogP contribution in [0.15, 0.2) is 91.5 Å². The van der Waals surface area contributed by atoms with Gasteiger partial charge >= 0.3 is 0 Å². The van der Waals surface area contributed by atoms with Crippen molar-refractivity contribution < 1.29 is 14.0 Å². The van der Waals surface area contributed by atoms with Crippen LogP contribution in [-0.4, -0.2) is 26.7 Å². The van der Waals surface area contributed by atoms with Crippen LogP contribution in [0.1, 0.15) is 31.8 Å². The van der Waals surface area contributed by atoms with Gasteiger partial charge in [-0.1, -0.05) is 48.5 Å². The van der Waals surface area contributed by atoms with Gasteiger partial charge in [0.1, 0.15) is 12.1 Å². The van der Waals surface area contributed by atoms with E-state index < -0.39 is 17.6 Å². The van der Waals surface area contributed by atoms with Gasteiger partial charge in [-0.3, -0.25) is 9.59 Å². The molecule has 0 aliphatic rings. The molecule has 6 nitrogen and oxygen atoms in total. The van der Waals surface area contributed by atoms with Gasteiger partial charge in [0.05, 0.1) is 5.56 Å². The molecule has 0 saturated carbocycles. The topological polar surface area (TPSA) is 89.2 Å². The summed E-state index contributed by atoms with van der Waals surface area (Å²) in [6.07, 6.45) is 4.56. The molecule has 164 valence electrons. The fraction of sp³-hybridized carbons (Fsp3) is 0.0769. The molecule has 1 heterocycles.